The van der Waals surface area contributed by atoms with Crippen LogP contribution in [-0.4, -0.2) is 43.1 Å². The lowest BCUT2D eigenvalue weighted by atomic mass is 10.2. The standard InChI is InChI=1S/C21H24N3OPS/c1-23-12-14-24(15-13-23)22-26(25)16-20(18-8-4-2-5-9-18)27-21(17-26)19-10-6-3-7-11-19/h2-11,16-17H,12-15H2,1H3,(H,22,25). The molecule has 1 fully saturated rings. The van der Waals surface area contributed by atoms with E-state index in [1.807, 2.05) is 48.0 Å². The summed E-state index contributed by atoms with van der Waals surface area (Å²) in [6.07, 6.45) is 0. The predicted octanol–water partition coefficient (Wildman–Crippen LogP) is 4.76. The van der Waals surface area contributed by atoms with E-state index in [0.29, 0.717) is 0 Å². The second kappa shape index (κ2) is 8.17. The summed E-state index contributed by atoms with van der Waals surface area (Å²) in [6, 6.07) is 20.4. The average Bonchev–Trinajstić information content (AvgIpc) is 2.70. The zero-order chi connectivity index (χ0) is 18.7. The summed E-state index contributed by atoms with van der Waals surface area (Å²) >= 11 is 1.69. The van der Waals surface area contributed by atoms with Crippen molar-refractivity contribution < 1.29 is 4.57 Å². The van der Waals surface area contributed by atoms with Crippen LogP contribution in [0.4, 0.5) is 0 Å². The van der Waals surface area contributed by atoms with Gasteiger partial charge in [0.05, 0.1) is 0 Å². The number of thioether (sulfide) groups is 1. The topological polar surface area (TPSA) is 35.6 Å². The molecule has 0 unspecified atom stereocenters. The van der Waals surface area contributed by atoms with Gasteiger partial charge in [0.25, 0.3) is 0 Å². The van der Waals surface area contributed by atoms with Crippen LogP contribution in [0.15, 0.2) is 72.3 Å². The van der Waals surface area contributed by atoms with Crippen LogP contribution in [0.1, 0.15) is 11.1 Å². The summed E-state index contributed by atoms with van der Waals surface area (Å²) < 4.78 is 13.8. The van der Waals surface area contributed by atoms with Crippen molar-refractivity contribution in [3.8, 4) is 0 Å². The number of benzene rings is 2. The number of hydrazine groups is 1. The molecular formula is C21H24N3OPS. The van der Waals surface area contributed by atoms with Gasteiger partial charge in [-0.05, 0) is 18.2 Å². The van der Waals surface area contributed by atoms with Gasteiger partial charge in [0.1, 0.15) is 0 Å². The molecule has 0 amide bonds. The fourth-order valence-corrected chi connectivity index (χ4v) is 7.15. The molecule has 0 radical (unpaired) electrons. The van der Waals surface area contributed by atoms with Crippen LogP contribution in [0.3, 0.4) is 0 Å². The summed E-state index contributed by atoms with van der Waals surface area (Å²) in [5.41, 5.74) is 2.20. The molecule has 0 spiro atoms. The highest BCUT2D eigenvalue weighted by Crippen LogP contribution is 2.58. The highest BCUT2D eigenvalue weighted by molar-refractivity contribution is 8.17. The Kier molecular flexibility index (Phi) is 5.67. The predicted molar refractivity (Wildman–Crippen MR) is 116 cm³/mol. The molecule has 0 aliphatic carbocycles. The fraction of sp³-hybridized carbons (Fsp3) is 0.238. The zero-order valence-corrected chi connectivity index (χ0v) is 17.1. The Morgan fingerprint density at radius 3 is 1.78 bits per heavy atom. The van der Waals surface area contributed by atoms with Crippen LogP contribution in [0.25, 0.3) is 9.81 Å². The van der Waals surface area contributed by atoms with Gasteiger partial charge >= 0.3 is 0 Å². The highest BCUT2D eigenvalue weighted by atomic mass is 32.2. The molecule has 27 heavy (non-hydrogen) atoms. The van der Waals surface area contributed by atoms with E-state index < -0.39 is 7.29 Å². The van der Waals surface area contributed by atoms with E-state index in [2.05, 4.69) is 46.4 Å². The lowest BCUT2D eigenvalue weighted by Crippen LogP contribution is -2.49. The van der Waals surface area contributed by atoms with Crippen molar-refractivity contribution in [2.45, 2.75) is 0 Å². The van der Waals surface area contributed by atoms with E-state index in [4.69, 9.17) is 0 Å². The van der Waals surface area contributed by atoms with E-state index >= 15 is 0 Å². The van der Waals surface area contributed by atoms with E-state index in [0.717, 1.165) is 47.1 Å². The molecule has 1 N–H and O–H groups in total. The van der Waals surface area contributed by atoms with Gasteiger partial charge in [0.2, 0.25) is 7.29 Å². The zero-order valence-electron chi connectivity index (χ0n) is 15.4. The van der Waals surface area contributed by atoms with Crippen molar-refractivity contribution in [2.75, 3.05) is 33.2 Å². The molecule has 0 bridgehead atoms. The molecule has 2 aliphatic heterocycles. The first-order valence-corrected chi connectivity index (χ1v) is 11.8. The minimum absolute atomic E-state index is 0.872. The molecular weight excluding hydrogens is 373 g/mol. The van der Waals surface area contributed by atoms with E-state index in [9.17, 15) is 4.57 Å². The third kappa shape index (κ3) is 4.63. The molecule has 0 atom stereocenters. The molecule has 0 aromatic heterocycles. The molecule has 2 aliphatic rings. The Morgan fingerprint density at radius 1 is 0.815 bits per heavy atom. The average molecular weight is 397 g/mol. The van der Waals surface area contributed by atoms with Gasteiger partial charge in [-0.3, -0.25) is 4.57 Å². The minimum Gasteiger partial charge on any atom is -0.304 e. The molecule has 4 nitrogen and oxygen atoms in total. The van der Waals surface area contributed by atoms with Crippen LogP contribution >= 0.6 is 19.1 Å². The summed E-state index contributed by atoms with van der Waals surface area (Å²) in [5, 5.41) is 5.46. The Balaban J connectivity index is 1.67. The first-order valence-electron chi connectivity index (χ1n) is 9.17. The fourth-order valence-electron chi connectivity index (χ4n) is 3.21. The summed E-state index contributed by atoms with van der Waals surface area (Å²) in [6.45, 7) is 3.70. The third-order valence-electron chi connectivity index (χ3n) is 4.76. The maximum absolute atomic E-state index is 13.8. The van der Waals surface area contributed by atoms with Crippen LogP contribution in [0.5, 0.6) is 0 Å². The Morgan fingerprint density at radius 2 is 1.30 bits per heavy atom. The summed E-state index contributed by atoms with van der Waals surface area (Å²) in [7, 11) is -0.710. The Labute approximate surface area is 165 Å². The van der Waals surface area contributed by atoms with Crippen LogP contribution in [-0.2, 0) is 4.57 Å². The number of likely N-dealkylation sites (N-methyl/N-ethyl adjacent to an activating group) is 1. The van der Waals surface area contributed by atoms with Crippen molar-refractivity contribution in [2.24, 2.45) is 0 Å². The number of nitrogens with one attached hydrogen (secondary N) is 1. The quantitative estimate of drug-likeness (QED) is 0.753. The molecule has 2 aromatic carbocycles. The van der Waals surface area contributed by atoms with Crippen LogP contribution < -0.4 is 5.20 Å². The highest BCUT2D eigenvalue weighted by Gasteiger charge is 2.28. The van der Waals surface area contributed by atoms with Gasteiger partial charge in [-0.15, -0.1) is 0 Å². The maximum Gasteiger partial charge on any atom is 0.205 e. The number of hydrogen-bond acceptors (Lipinski definition) is 4. The van der Waals surface area contributed by atoms with Gasteiger partial charge in [0, 0.05) is 47.6 Å². The molecule has 2 aromatic rings. The van der Waals surface area contributed by atoms with Crippen molar-refractivity contribution in [3.63, 3.8) is 0 Å². The molecule has 0 saturated carbocycles. The molecule has 2 heterocycles. The minimum atomic E-state index is -2.83. The smallest absolute Gasteiger partial charge is 0.205 e. The monoisotopic (exact) mass is 397 g/mol. The van der Waals surface area contributed by atoms with Crippen molar-refractivity contribution in [1.82, 2.24) is 15.1 Å². The van der Waals surface area contributed by atoms with E-state index in [-0.39, 0.29) is 0 Å². The van der Waals surface area contributed by atoms with Crippen molar-refractivity contribution in [1.29, 1.82) is 0 Å². The first-order chi connectivity index (χ1) is 13.1. The number of rotatable bonds is 4. The normalized spacial score (nSPS) is 20.8. The van der Waals surface area contributed by atoms with Gasteiger partial charge < -0.3 is 4.90 Å². The second-order valence-electron chi connectivity index (χ2n) is 6.92. The van der Waals surface area contributed by atoms with Gasteiger partial charge in [-0.1, -0.05) is 72.4 Å². The largest absolute Gasteiger partial charge is 0.304 e. The Hall–Kier alpha value is -1.62. The van der Waals surface area contributed by atoms with Gasteiger partial charge in [-0.25, -0.2) is 5.01 Å². The van der Waals surface area contributed by atoms with Crippen molar-refractivity contribution >= 4 is 28.9 Å². The SMILES string of the molecule is CN1CCN(NP2(=O)C=C(c3ccccc3)SC(c3ccccc3)=C2)CC1. The molecule has 140 valence electrons. The lowest BCUT2D eigenvalue weighted by molar-refractivity contribution is 0.135. The van der Waals surface area contributed by atoms with E-state index in [1.54, 1.807) is 11.8 Å². The summed E-state index contributed by atoms with van der Waals surface area (Å²) in [5.74, 6) is 3.86. The number of hydrogen-bond donors (Lipinski definition) is 1. The van der Waals surface area contributed by atoms with E-state index in [1.165, 1.54) is 0 Å². The van der Waals surface area contributed by atoms with Crippen molar-refractivity contribution in [3.05, 3.63) is 83.4 Å². The lowest BCUT2D eigenvalue weighted by Gasteiger charge is -2.35. The summed E-state index contributed by atoms with van der Waals surface area (Å²) in [4.78, 5) is 4.38. The van der Waals surface area contributed by atoms with Crippen LogP contribution in [0.2, 0.25) is 0 Å². The number of nitrogens with zero attached hydrogens (tertiary/aromatic N) is 2. The van der Waals surface area contributed by atoms with Crippen LogP contribution in [0, 0.1) is 0 Å². The third-order valence-corrected chi connectivity index (χ3v) is 8.13. The molecule has 1 saturated heterocycles. The number of piperazine rings is 1. The molecule has 4 rings (SSSR count). The first kappa shape index (κ1) is 18.7. The Bertz CT molecular complexity index is 831. The maximum atomic E-state index is 13.8. The molecule has 6 heteroatoms. The van der Waals surface area contributed by atoms with Gasteiger partial charge in [-0.2, -0.15) is 5.20 Å². The van der Waals surface area contributed by atoms with Gasteiger partial charge in [0.15, 0.2) is 0 Å². The second-order valence-corrected chi connectivity index (χ2v) is 10.1.